The van der Waals surface area contributed by atoms with Crippen molar-refractivity contribution >= 4 is 40.1 Å². The SMILES string of the molecule is C[C@@H]1[C@@H](C)[S@](=O)CCN1C(=O)CSCc1ccc(Cl)cc1. The minimum atomic E-state index is -0.803. The molecule has 0 bridgehead atoms. The Balaban J connectivity index is 1.82. The van der Waals surface area contributed by atoms with Crippen LogP contribution in [0, 0.1) is 0 Å². The van der Waals surface area contributed by atoms with Crippen molar-refractivity contribution in [1.29, 1.82) is 0 Å². The maximum Gasteiger partial charge on any atom is 0.232 e. The molecule has 0 saturated carbocycles. The first-order valence-electron chi connectivity index (χ1n) is 6.98. The second-order valence-electron chi connectivity index (χ2n) is 5.24. The van der Waals surface area contributed by atoms with E-state index >= 15 is 0 Å². The van der Waals surface area contributed by atoms with E-state index in [4.69, 9.17) is 11.6 Å². The molecule has 0 N–H and O–H groups in total. The summed E-state index contributed by atoms with van der Waals surface area (Å²) in [4.78, 5) is 14.2. The standard InChI is InChI=1S/C15H20ClNO2S2/c1-11-12(2)21(19)8-7-17(11)15(18)10-20-9-13-3-5-14(16)6-4-13/h3-6,11-12H,7-10H2,1-2H3/t11-,12-,21-/m1/s1. The van der Waals surface area contributed by atoms with Crippen molar-refractivity contribution in [3.05, 3.63) is 34.9 Å². The van der Waals surface area contributed by atoms with Crippen LogP contribution in [-0.4, -0.2) is 44.4 Å². The molecule has 1 aromatic carbocycles. The molecule has 3 nitrogen and oxygen atoms in total. The van der Waals surface area contributed by atoms with E-state index in [1.165, 1.54) is 5.56 Å². The van der Waals surface area contributed by atoms with Gasteiger partial charge in [-0.2, -0.15) is 0 Å². The van der Waals surface area contributed by atoms with Gasteiger partial charge in [-0.25, -0.2) is 0 Å². The number of nitrogens with zero attached hydrogens (tertiary/aromatic N) is 1. The highest BCUT2D eigenvalue weighted by Crippen LogP contribution is 2.20. The summed E-state index contributed by atoms with van der Waals surface area (Å²) in [6.45, 7) is 4.56. The number of hydrogen-bond acceptors (Lipinski definition) is 3. The zero-order valence-corrected chi connectivity index (χ0v) is 14.6. The van der Waals surface area contributed by atoms with E-state index in [0.29, 0.717) is 18.1 Å². The van der Waals surface area contributed by atoms with Gasteiger partial charge in [-0.1, -0.05) is 23.7 Å². The summed E-state index contributed by atoms with van der Waals surface area (Å²) in [5.41, 5.74) is 1.17. The van der Waals surface area contributed by atoms with Crippen molar-refractivity contribution in [3.63, 3.8) is 0 Å². The zero-order valence-electron chi connectivity index (χ0n) is 12.3. The Labute approximate surface area is 137 Å². The highest BCUT2D eigenvalue weighted by atomic mass is 35.5. The number of thioether (sulfide) groups is 1. The summed E-state index contributed by atoms with van der Waals surface area (Å²) in [6, 6.07) is 7.75. The summed E-state index contributed by atoms with van der Waals surface area (Å²) in [5.74, 6) is 2.00. The van der Waals surface area contributed by atoms with Crippen molar-refractivity contribution in [3.8, 4) is 0 Å². The second-order valence-corrected chi connectivity index (χ2v) is 8.57. The lowest BCUT2D eigenvalue weighted by molar-refractivity contribution is -0.130. The second kappa shape index (κ2) is 7.65. The molecule has 1 amide bonds. The third kappa shape index (κ3) is 4.47. The third-order valence-corrected chi connectivity index (χ3v) is 6.90. The van der Waals surface area contributed by atoms with Gasteiger partial charge in [0.1, 0.15) is 0 Å². The Morgan fingerprint density at radius 2 is 2.05 bits per heavy atom. The number of carbonyl (C=O) groups is 1. The first-order valence-corrected chi connectivity index (χ1v) is 9.89. The van der Waals surface area contributed by atoms with Crippen molar-refractivity contribution in [2.24, 2.45) is 0 Å². The van der Waals surface area contributed by atoms with Crippen LogP contribution in [-0.2, 0) is 21.3 Å². The lowest BCUT2D eigenvalue weighted by Crippen LogP contribution is -2.52. The predicted molar refractivity (Wildman–Crippen MR) is 91.3 cm³/mol. The largest absolute Gasteiger partial charge is 0.337 e. The van der Waals surface area contributed by atoms with Crippen LogP contribution < -0.4 is 0 Å². The van der Waals surface area contributed by atoms with Crippen LogP contribution in [0.3, 0.4) is 0 Å². The van der Waals surface area contributed by atoms with Crippen molar-refractivity contribution in [1.82, 2.24) is 4.90 Å². The van der Waals surface area contributed by atoms with Gasteiger partial charge in [-0.3, -0.25) is 9.00 Å². The molecule has 1 aliphatic rings. The summed E-state index contributed by atoms with van der Waals surface area (Å²) in [5, 5.41) is 0.785. The summed E-state index contributed by atoms with van der Waals surface area (Å²) in [6.07, 6.45) is 0. The van der Waals surface area contributed by atoms with Crippen LogP contribution in [0.25, 0.3) is 0 Å². The summed E-state index contributed by atoms with van der Waals surface area (Å²) >= 11 is 7.45. The lowest BCUT2D eigenvalue weighted by atomic mass is 10.2. The minimum absolute atomic E-state index is 0.0585. The Bertz CT molecular complexity index is 521. The number of benzene rings is 1. The number of amides is 1. The summed E-state index contributed by atoms with van der Waals surface area (Å²) < 4.78 is 11.8. The van der Waals surface area contributed by atoms with E-state index in [1.807, 2.05) is 43.0 Å². The fourth-order valence-electron chi connectivity index (χ4n) is 2.32. The van der Waals surface area contributed by atoms with Crippen LogP contribution >= 0.6 is 23.4 Å². The molecule has 6 heteroatoms. The molecular weight excluding hydrogens is 326 g/mol. The van der Waals surface area contributed by atoms with Gasteiger partial charge in [-0.15, -0.1) is 11.8 Å². The molecule has 1 saturated heterocycles. The molecule has 2 rings (SSSR count). The van der Waals surface area contributed by atoms with Crippen LogP contribution in [0.2, 0.25) is 5.02 Å². The molecule has 21 heavy (non-hydrogen) atoms. The maximum absolute atomic E-state index is 12.3. The van der Waals surface area contributed by atoms with Crippen LogP contribution in [0.4, 0.5) is 0 Å². The third-order valence-electron chi connectivity index (χ3n) is 3.85. The minimum Gasteiger partial charge on any atom is -0.337 e. The van der Waals surface area contributed by atoms with Gasteiger partial charge in [0, 0.05) is 39.9 Å². The normalized spacial score (nSPS) is 25.9. The van der Waals surface area contributed by atoms with Crippen LogP contribution in [0.5, 0.6) is 0 Å². The van der Waals surface area contributed by atoms with E-state index in [1.54, 1.807) is 11.8 Å². The van der Waals surface area contributed by atoms with Crippen molar-refractivity contribution < 1.29 is 9.00 Å². The van der Waals surface area contributed by atoms with Crippen molar-refractivity contribution in [2.45, 2.75) is 30.9 Å². The van der Waals surface area contributed by atoms with Crippen LogP contribution in [0.1, 0.15) is 19.4 Å². The Hall–Kier alpha value is -0.520. The fourth-order valence-corrected chi connectivity index (χ4v) is 4.65. The average Bonchev–Trinajstić information content (AvgIpc) is 2.47. The molecule has 1 fully saturated rings. The van der Waals surface area contributed by atoms with Crippen molar-refractivity contribution in [2.75, 3.05) is 18.1 Å². The molecule has 1 aliphatic heterocycles. The fraction of sp³-hybridized carbons (Fsp3) is 0.533. The zero-order chi connectivity index (χ0) is 15.4. The summed E-state index contributed by atoms with van der Waals surface area (Å²) in [7, 11) is -0.803. The molecular formula is C15H20ClNO2S2. The van der Waals surface area contributed by atoms with Gasteiger partial charge in [0.2, 0.25) is 5.91 Å². The Kier molecular flexibility index (Phi) is 6.14. The molecule has 116 valence electrons. The van der Waals surface area contributed by atoms with E-state index < -0.39 is 10.8 Å². The molecule has 0 spiro atoms. The Morgan fingerprint density at radius 1 is 1.38 bits per heavy atom. The molecule has 0 aliphatic carbocycles. The first-order chi connectivity index (χ1) is 9.99. The molecule has 0 unspecified atom stereocenters. The monoisotopic (exact) mass is 345 g/mol. The first kappa shape index (κ1) is 16.8. The number of rotatable bonds is 4. The molecule has 3 atom stereocenters. The number of hydrogen-bond donors (Lipinski definition) is 0. The van der Waals surface area contributed by atoms with Gasteiger partial charge in [-0.05, 0) is 31.5 Å². The van der Waals surface area contributed by atoms with E-state index in [2.05, 4.69) is 0 Å². The Morgan fingerprint density at radius 3 is 2.71 bits per heavy atom. The van der Waals surface area contributed by atoms with E-state index in [-0.39, 0.29) is 17.2 Å². The topological polar surface area (TPSA) is 37.4 Å². The average molecular weight is 346 g/mol. The number of halogens is 1. The molecule has 0 aromatic heterocycles. The maximum atomic E-state index is 12.3. The van der Waals surface area contributed by atoms with Gasteiger partial charge in [0.05, 0.1) is 11.0 Å². The smallest absolute Gasteiger partial charge is 0.232 e. The van der Waals surface area contributed by atoms with Gasteiger partial charge < -0.3 is 4.90 Å². The van der Waals surface area contributed by atoms with E-state index in [0.717, 1.165) is 10.8 Å². The van der Waals surface area contributed by atoms with Gasteiger partial charge in [0.15, 0.2) is 0 Å². The lowest BCUT2D eigenvalue weighted by Gasteiger charge is -2.37. The molecule has 0 radical (unpaired) electrons. The molecule has 1 heterocycles. The predicted octanol–water partition coefficient (Wildman–Crippen LogP) is 2.94. The van der Waals surface area contributed by atoms with Crippen LogP contribution in [0.15, 0.2) is 24.3 Å². The van der Waals surface area contributed by atoms with E-state index in [9.17, 15) is 9.00 Å². The van der Waals surface area contributed by atoms with Gasteiger partial charge >= 0.3 is 0 Å². The highest BCUT2D eigenvalue weighted by Gasteiger charge is 2.32. The molecule has 1 aromatic rings. The quantitative estimate of drug-likeness (QED) is 0.842. The number of carbonyl (C=O) groups excluding carboxylic acids is 1. The van der Waals surface area contributed by atoms with Gasteiger partial charge in [0.25, 0.3) is 0 Å². The highest BCUT2D eigenvalue weighted by molar-refractivity contribution is 7.99.